The predicted octanol–water partition coefficient (Wildman–Crippen LogP) is 5.59. The van der Waals surface area contributed by atoms with Gasteiger partial charge in [-0.05, 0) is 36.4 Å². The number of rotatable bonds is 5. The first-order valence-corrected chi connectivity index (χ1v) is 8.23. The third-order valence-corrected chi connectivity index (χ3v) is 4.12. The molecule has 0 N–H and O–H groups in total. The first kappa shape index (κ1) is 15.7. The van der Waals surface area contributed by atoms with E-state index in [-0.39, 0.29) is 0 Å². The minimum Gasteiger partial charge on any atom is -0.496 e. The molecule has 0 spiro atoms. The van der Waals surface area contributed by atoms with Crippen molar-refractivity contribution < 1.29 is 9.47 Å². The zero-order valence-electron chi connectivity index (χ0n) is 10.8. The highest BCUT2D eigenvalue weighted by molar-refractivity contribution is 9.10. The van der Waals surface area contributed by atoms with E-state index in [9.17, 15) is 0 Å². The van der Waals surface area contributed by atoms with Crippen LogP contribution in [0.4, 0.5) is 0 Å². The van der Waals surface area contributed by atoms with Crippen LogP contribution in [0.2, 0.25) is 5.02 Å². The van der Waals surface area contributed by atoms with Gasteiger partial charge in [-0.1, -0.05) is 43.5 Å². The summed E-state index contributed by atoms with van der Waals surface area (Å²) >= 11 is 12.9. The van der Waals surface area contributed by atoms with Crippen LogP contribution in [0.25, 0.3) is 0 Å². The molecule has 20 heavy (non-hydrogen) atoms. The van der Waals surface area contributed by atoms with Crippen LogP contribution in [0, 0.1) is 0 Å². The molecule has 0 unspecified atom stereocenters. The molecule has 0 aliphatic rings. The van der Waals surface area contributed by atoms with E-state index < -0.39 is 0 Å². The van der Waals surface area contributed by atoms with Crippen molar-refractivity contribution in [3.63, 3.8) is 0 Å². The fourth-order valence-electron chi connectivity index (χ4n) is 1.81. The number of halogens is 3. The van der Waals surface area contributed by atoms with E-state index in [1.165, 1.54) is 0 Å². The standard InChI is InChI=1S/C15H13Br2ClO2/c1-19-14-5-3-13(18)7-11(14)9-20-15-4-2-12(17)6-10(15)8-16/h2-7H,8-9H2,1H3. The molecule has 0 atom stereocenters. The maximum absolute atomic E-state index is 6.01. The topological polar surface area (TPSA) is 18.5 Å². The summed E-state index contributed by atoms with van der Waals surface area (Å²) in [6.07, 6.45) is 0. The Balaban J connectivity index is 2.18. The Hall–Kier alpha value is -0.710. The molecule has 5 heteroatoms. The lowest BCUT2D eigenvalue weighted by Gasteiger charge is -2.13. The van der Waals surface area contributed by atoms with Crippen molar-refractivity contribution in [2.24, 2.45) is 0 Å². The second-order valence-corrected chi connectivity index (χ2v) is 6.04. The molecule has 2 aromatic rings. The lowest BCUT2D eigenvalue weighted by atomic mass is 10.2. The number of ether oxygens (including phenoxy) is 2. The van der Waals surface area contributed by atoms with Crippen molar-refractivity contribution in [2.45, 2.75) is 11.9 Å². The monoisotopic (exact) mass is 418 g/mol. The zero-order valence-corrected chi connectivity index (χ0v) is 14.8. The van der Waals surface area contributed by atoms with E-state index in [0.717, 1.165) is 32.4 Å². The van der Waals surface area contributed by atoms with Gasteiger partial charge in [0.25, 0.3) is 0 Å². The number of methoxy groups -OCH3 is 1. The van der Waals surface area contributed by atoms with E-state index in [0.29, 0.717) is 11.6 Å². The van der Waals surface area contributed by atoms with Gasteiger partial charge in [0.05, 0.1) is 7.11 Å². The van der Waals surface area contributed by atoms with Gasteiger partial charge in [-0.15, -0.1) is 0 Å². The summed E-state index contributed by atoms with van der Waals surface area (Å²) in [5, 5.41) is 1.40. The second kappa shape index (κ2) is 7.34. The summed E-state index contributed by atoms with van der Waals surface area (Å²) in [6.45, 7) is 0.408. The smallest absolute Gasteiger partial charge is 0.125 e. The molecule has 2 aromatic carbocycles. The average molecular weight is 421 g/mol. The van der Waals surface area contributed by atoms with Gasteiger partial charge < -0.3 is 9.47 Å². The molecule has 0 aliphatic heterocycles. The number of hydrogen-bond donors (Lipinski definition) is 0. The summed E-state index contributed by atoms with van der Waals surface area (Å²) in [5.74, 6) is 1.61. The number of benzene rings is 2. The van der Waals surface area contributed by atoms with Crippen molar-refractivity contribution in [1.29, 1.82) is 0 Å². The summed E-state index contributed by atoms with van der Waals surface area (Å²) in [4.78, 5) is 0. The minimum absolute atomic E-state index is 0.408. The molecular formula is C15H13Br2ClO2. The van der Waals surface area contributed by atoms with Crippen molar-refractivity contribution in [3.8, 4) is 11.5 Å². The van der Waals surface area contributed by atoms with Crippen LogP contribution in [0.3, 0.4) is 0 Å². The van der Waals surface area contributed by atoms with E-state index in [1.807, 2.05) is 30.3 Å². The Kier molecular flexibility index (Phi) is 5.75. The highest BCUT2D eigenvalue weighted by Crippen LogP contribution is 2.28. The SMILES string of the molecule is COc1ccc(Cl)cc1COc1ccc(Br)cc1CBr. The highest BCUT2D eigenvalue weighted by atomic mass is 79.9. The van der Waals surface area contributed by atoms with Gasteiger partial charge in [0, 0.05) is 26.0 Å². The largest absolute Gasteiger partial charge is 0.496 e. The van der Waals surface area contributed by atoms with Gasteiger partial charge in [-0.2, -0.15) is 0 Å². The molecule has 0 saturated heterocycles. The Morgan fingerprint density at radius 1 is 1.05 bits per heavy atom. The van der Waals surface area contributed by atoms with Crippen LogP contribution in [-0.2, 0) is 11.9 Å². The molecular weight excluding hydrogens is 407 g/mol. The molecule has 0 aliphatic carbocycles. The molecule has 0 fully saturated rings. The van der Waals surface area contributed by atoms with Gasteiger partial charge in [0.1, 0.15) is 18.1 Å². The maximum atomic E-state index is 6.01. The van der Waals surface area contributed by atoms with E-state index in [1.54, 1.807) is 13.2 Å². The summed E-state index contributed by atoms with van der Waals surface area (Å²) in [7, 11) is 1.64. The van der Waals surface area contributed by atoms with Gasteiger partial charge in [0.15, 0.2) is 0 Å². The van der Waals surface area contributed by atoms with Crippen molar-refractivity contribution in [1.82, 2.24) is 0 Å². The van der Waals surface area contributed by atoms with Gasteiger partial charge in [-0.3, -0.25) is 0 Å². The average Bonchev–Trinajstić information content (AvgIpc) is 2.46. The normalized spacial score (nSPS) is 10.4. The summed E-state index contributed by atoms with van der Waals surface area (Å²) in [6, 6.07) is 11.4. The van der Waals surface area contributed by atoms with Crippen LogP contribution in [0.1, 0.15) is 11.1 Å². The van der Waals surface area contributed by atoms with Crippen molar-refractivity contribution in [2.75, 3.05) is 7.11 Å². The quantitative estimate of drug-likeness (QED) is 0.588. The molecule has 0 saturated carbocycles. The van der Waals surface area contributed by atoms with E-state index >= 15 is 0 Å². The second-order valence-electron chi connectivity index (χ2n) is 4.13. The Morgan fingerprint density at radius 2 is 1.80 bits per heavy atom. The Morgan fingerprint density at radius 3 is 2.50 bits per heavy atom. The minimum atomic E-state index is 0.408. The molecule has 0 bridgehead atoms. The van der Waals surface area contributed by atoms with Crippen molar-refractivity contribution in [3.05, 3.63) is 57.0 Å². The predicted molar refractivity (Wildman–Crippen MR) is 89.1 cm³/mol. The van der Waals surface area contributed by atoms with Gasteiger partial charge >= 0.3 is 0 Å². The van der Waals surface area contributed by atoms with Crippen LogP contribution < -0.4 is 9.47 Å². The zero-order chi connectivity index (χ0) is 14.5. The first-order valence-electron chi connectivity index (χ1n) is 5.93. The molecule has 0 aromatic heterocycles. The van der Waals surface area contributed by atoms with Crippen LogP contribution >= 0.6 is 43.5 Å². The Labute approximate surface area is 140 Å². The van der Waals surface area contributed by atoms with Crippen LogP contribution in [0.5, 0.6) is 11.5 Å². The molecule has 106 valence electrons. The first-order chi connectivity index (χ1) is 9.63. The van der Waals surface area contributed by atoms with Gasteiger partial charge in [0.2, 0.25) is 0 Å². The fourth-order valence-corrected chi connectivity index (χ4v) is 2.85. The lowest BCUT2D eigenvalue weighted by Crippen LogP contribution is -2.00. The van der Waals surface area contributed by atoms with Crippen molar-refractivity contribution >= 4 is 43.5 Å². The molecule has 2 nitrogen and oxygen atoms in total. The molecule has 0 radical (unpaired) electrons. The third-order valence-electron chi connectivity index (χ3n) is 2.79. The Bertz CT molecular complexity index is 602. The lowest BCUT2D eigenvalue weighted by molar-refractivity contribution is 0.294. The number of alkyl halides is 1. The van der Waals surface area contributed by atoms with Crippen LogP contribution in [0.15, 0.2) is 40.9 Å². The summed E-state index contributed by atoms with van der Waals surface area (Å²) < 4.78 is 12.2. The highest BCUT2D eigenvalue weighted by Gasteiger charge is 2.08. The summed E-state index contributed by atoms with van der Waals surface area (Å²) in [5.41, 5.74) is 2.00. The fraction of sp³-hybridized carbons (Fsp3) is 0.200. The van der Waals surface area contributed by atoms with E-state index in [4.69, 9.17) is 21.1 Å². The third kappa shape index (κ3) is 3.90. The number of hydrogen-bond acceptors (Lipinski definition) is 2. The maximum Gasteiger partial charge on any atom is 0.125 e. The molecule has 0 heterocycles. The van der Waals surface area contributed by atoms with Crippen LogP contribution in [-0.4, -0.2) is 7.11 Å². The van der Waals surface area contributed by atoms with E-state index in [2.05, 4.69) is 31.9 Å². The molecule has 0 amide bonds. The molecule has 2 rings (SSSR count). The van der Waals surface area contributed by atoms with Gasteiger partial charge in [-0.25, -0.2) is 0 Å².